The van der Waals surface area contributed by atoms with Crippen LogP contribution in [-0.2, 0) is 0 Å². The molecule has 216 valence electrons. The first-order chi connectivity index (χ1) is 22.8. The fraction of sp³-hybridized carbons (Fsp3) is 0. The number of benzene rings is 8. The molecule has 1 nitrogen and oxygen atoms in total. The molecule has 1 heterocycles. The molecule has 0 aliphatic carbocycles. The number of hydrogen-bond acceptors (Lipinski definition) is 2. The first-order valence-electron chi connectivity index (χ1n) is 15.7. The molecule has 0 radical (unpaired) electrons. The van der Waals surface area contributed by atoms with Gasteiger partial charge in [-0.05, 0) is 74.8 Å². The minimum Gasteiger partial charge on any atom is -0.310 e. The molecule has 0 saturated carbocycles. The van der Waals surface area contributed by atoms with Crippen LogP contribution in [0.25, 0.3) is 64.0 Å². The molecule has 0 unspecified atom stereocenters. The Balaban J connectivity index is 1.21. The topological polar surface area (TPSA) is 3.24 Å². The molecular weight excluding hydrogens is 575 g/mol. The lowest BCUT2D eigenvalue weighted by atomic mass is 9.97. The van der Waals surface area contributed by atoms with Gasteiger partial charge < -0.3 is 4.90 Å². The summed E-state index contributed by atoms with van der Waals surface area (Å²) in [6.07, 6.45) is 0. The molecule has 0 atom stereocenters. The van der Waals surface area contributed by atoms with Crippen LogP contribution in [0.3, 0.4) is 0 Å². The summed E-state index contributed by atoms with van der Waals surface area (Å²) in [6, 6.07) is 63.9. The highest BCUT2D eigenvalue weighted by molar-refractivity contribution is 7.26. The van der Waals surface area contributed by atoms with Gasteiger partial charge in [-0.3, -0.25) is 0 Å². The Morgan fingerprint density at radius 2 is 0.978 bits per heavy atom. The summed E-state index contributed by atoms with van der Waals surface area (Å²) in [5, 5.41) is 7.61. The lowest BCUT2D eigenvalue weighted by Crippen LogP contribution is -2.10. The van der Waals surface area contributed by atoms with Gasteiger partial charge in [-0.2, -0.15) is 0 Å². The summed E-state index contributed by atoms with van der Waals surface area (Å²) >= 11 is 1.88. The quantitative estimate of drug-likeness (QED) is 0.189. The molecule has 0 N–H and O–H groups in total. The van der Waals surface area contributed by atoms with Crippen molar-refractivity contribution >= 4 is 70.1 Å². The molecule has 0 fully saturated rings. The lowest BCUT2D eigenvalue weighted by Gasteiger charge is -2.27. The van der Waals surface area contributed by atoms with Crippen LogP contribution in [0, 0.1) is 0 Å². The van der Waals surface area contributed by atoms with Gasteiger partial charge in [-0.15, -0.1) is 11.3 Å². The summed E-state index contributed by atoms with van der Waals surface area (Å²) in [5.41, 5.74) is 8.35. The maximum Gasteiger partial charge on any atom is 0.0540 e. The zero-order valence-electron chi connectivity index (χ0n) is 25.1. The molecule has 46 heavy (non-hydrogen) atoms. The van der Waals surface area contributed by atoms with Crippen LogP contribution >= 0.6 is 11.3 Å². The van der Waals surface area contributed by atoms with E-state index >= 15 is 0 Å². The number of anilines is 3. The van der Waals surface area contributed by atoms with E-state index in [4.69, 9.17) is 0 Å². The van der Waals surface area contributed by atoms with E-state index < -0.39 is 0 Å². The smallest absolute Gasteiger partial charge is 0.0540 e. The molecule has 0 aliphatic heterocycles. The summed E-state index contributed by atoms with van der Waals surface area (Å²) < 4.78 is 2.67. The van der Waals surface area contributed by atoms with Crippen LogP contribution in [-0.4, -0.2) is 0 Å². The monoisotopic (exact) mass is 603 g/mol. The predicted molar refractivity (Wildman–Crippen MR) is 200 cm³/mol. The van der Waals surface area contributed by atoms with Crippen molar-refractivity contribution in [1.82, 2.24) is 0 Å². The molecule has 9 rings (SSSR count). The highest BCUT2D eigenvalue weighted by atomic mass is 32.1. The number of hydrogen-bond donors (Lipinski definition) is 0. The van der Waals surface area contributed by atoms with E-state index in [-0.39, 0.29) is 0 Å². The Kier molecular flexibility index (Phi) is 6.40. The highest BCUT2D eigenvalue weighted by Crippen LogP contribution is 2.43. The SMILES string of the molecule is c1cc(-c2cccc3ccccc23)cc(N(c2ccc(-c3cccc4c3sc3ccccc34)cc2)c2cccc3ccccc23)c1. The van der Waals surface area contributed by atoms with Crippen molar-refractivity contribution in [2.45, 2.75) is 0 Å². The van der Waals surface area contributed by atoms with E-state index in [2.05, 4.69) is 181 Å². The fourth-order valence-corrected chi connectivity index (χ4v) is 8.12. The zero-order chi connectivity index (χ0) is 30.5. The third-order valence-electron chi connectivity index (χ3n) is 9.05. The summed E-state index contributed by atoms with van der Waals surface area (Å²) in [5.74, 6) is 0. The Morgan fingerprint density at radius 1 is 0.370 bits per heavy atom. The standard InChI is InChI=1S/C44H29NS/c1-3-17-36-30(11-1)13-8-20-37(36)33-15-7-16-35(29-33)45(42-23-9-14-31-12-2-4-18-38(31)42)34-27-25-32(26-28-34)39-21-10-22-41-40-19-5-6-24-43(40)46-44(39)41/h1-29H. The second-order valence-electron chi connectivity index (χ2n) is 11.7. The number of nitrogens with zero attached hydrogens (tertiary/aromatic N) is 1. The van der Waals surface area contributed by atoms with Gasteiger partial charge in [-0.25, -0.2) is 0 Å². The average Bonchev–Trinajstić information content (AvgIpc) is 3.51. The average molecular weight is 604 g/mol. The van der Waals surface area contributed by atoms with Gasteiger partial charge in [-0.1, -0.05) is 140 Å². The van der Waals surface area contributed by atoms with Gasteiger partial charge in [0.25, 0.3) is 0 Å². The molecule has 8 aromatic carbocycles. The second-order valence-corrected chi connectivity index (χ2v) is 12.8. The third kappa shape index (κ3) is 4.46. The summed E-state index contributed by atoms with van der Waals surface area (Å²) in [7, 11) is 0. The number of rotatable bonds is 5. The molecule has 0 bridgehead atoms. The molecule has 0 aliphatic rings. The predicted octanol–water partition coefficient (Wildman–Crippen LogP) is 13.2. The van der Waals surface area contributed by atoms with E-state index in [9.17, 15) is 0 Å². The maximum absolute atomic E-state index is 2.40. The molecule has 0 saturated heterocycles. The minimum atomic E-state index is 1.12. The van der Waals surface area contributed by atoms with Crippen LogP contribution in [0.15, 0.2) is 176 Å². The molecule has 9 aromatic rings. The Morgan fingerprint density at radius 3 is 1.83 bits per heavy atom. The second kappa shape index (κ2) is 11.0. The molecule has 1 aromatic heterocycles. The summed E-state index contributed by atoms with van der Waals surface area (Å²) in [4.78, 5) is 2.40. The Hall–Kier alpha value is -5.70. The van der Waals surface area contributed by atoms with Crippen LogP contribution in [0.4, 0.5) is 17.1 Å². The van der Waals surface area contributed by atoms with Crippen molar-refractivity contribution in [2.75, 3.05) is 4.90 Å². The van der Waals surface area contributed by atoms with Crippen molar-refractivity contribution in [1.29, 1.82) is 0 Å². The van der Waals surface area contributed by atoms with E-state index in [0.29, 0.717) is 0 Å². The molecular formula is C44H29NS. The van der Waals surface area contributed by atoms with Crippen LogP contribution in [0.5, 0.6) is 0 Å². The van der Waals surface area contributed by atoms with Crippen LogP contribution in [0.2, 0.25) is 0 Å². The maximum atomic E-state index is 2.40. The molecule has 2 heteroatoms. The van der Waals surface area contributed by atoms with Crippen molar-refractivity contribution in [3.8, 4) is 22.3 Å². The van der Waals surface area contributed by atoms with E-state index in [1.165, 1.54) is 64.0 Å². The van der Waals surface area contributed by atoms with E-state index in [0.717, 1.165) is 17.1 Å². The van der Waals surface area contributed by atoms with Gasteiger partial charge in [0.05, 0.1) is 5.69 Å². The van der Waals surface area contributed by atoms with Crippen LogP contribution < -0.4 is 4.90 Å². The van der Waals surface area contributed by atoms with Crippen molar-refractivity contribution in [3.05, 3.63) is 176 Å². The van der Waals surface area contributed by atoms with Crippen molar-refractivity contribution in [2.24, 2.45) is 0 Å². The van der Waals surface area contributed by atoms with E-state index in [1.807, 2.05) is 11.3 Å². The first-order valence-corrected chi connectivity index (χ1v) is 16.5. The molecule has 0 amide bonds. The number of fused-ring (bicyclic) bond motifs is 5. The fourth-order valence-electron chi connectivity index (χ4n) is 6.88. The van der Waals surface area contributed by atoms with Crippen molar-refractivity contribution in [3.63, 3.8) is 0 Å². The van der Waals surface area contributed by atoms with Gasteiger partial charge >= 0.3 is 0 Å². The first kappa shape index (κ1) is 26.7. The Bertz CT molecular complexity index is 2530. The van der Waals surface area contributed by atoms with Gasteiger partial charge in [0, 0.05) is 36.9 Å². The normalized spacial score (nSPS) is 11.5. The van der Waals surface area contributed by atoms with Crippen LogP contribution in [0.1, 0.15) is 0 Å². The lowest BCUT2D eigenvalue weighted by molar-refractivity contribution is 1.30. The van der Waals surface area contributed by atoms with Gasteiger partial charge in [0.15, 0.2) is 0 Å². The van der Waals surface area contributed by atoms with Gasteiger partial charge in [0.2, 0.25) is 0 Å². The Labute approximate surface area is 272 Å². The van der Waals surface area contributed by atoms with E-state index in [1.54, 1.807) is 0 Å². The minimum absolute atomic E-state index is 1.12. The third-order valence-corrected chi connectivity index (χ3v) is 10.3. The van der Waals surface area contributed by atoms with Crippen molar-refractivity contribution < 1.29 is 0 Å². The highest BCUT2D eigenvalue weighted by Gasteiger charge is 2.17. The molecule has 0 spiro atoms. The number of thiophene rings is 1. The largest absolute Gasteiger partial charge is 0.310 e. The zero-order valence-corrected chi connectivity index (χ0v) is 25.9. The summed E-state index contributed by atoms with van der Waals surface area (Å²) in [6.45, 7) is 0. The van der Waals surface area contributed by atoms with Gasteiger partial charge in [0.1, 0.15) is 0 Å².